The Kier molecular flexibility index (Phi) is 10.6. The third-order valence-electron chi connectivity index (χ3n) is 11.5. The Balaban J connectivity index is 1.43. The molecule has 0 bridgehead atoms. The second-order valence-electron chi connectivity index (χ2n) is 14.8. The Morgan fingerprint density at radius 1 is 0.754 bits per heavy atom. The zero-order valence-corrected chi connectivity index (χ0v) is 33.4. The van der Waals surface area contributed by atoms with Gasteiger partial charge in [0.25, 0.3) is 0 Å². The summed E-state index contributed by atoms with van der Waals surface area (Å²) in [7, 11) is 0. The lowest BCUT2D eigenvalue weighted by Gasteiger charge is -2.37. The van der Waals surface area contributed by atoms with Crippen LogP contribution in [0.5, 0.6) is 0 Å². The molecule has 0 fully saturated rings. The molecule has 2 nitrogen and oxygen atoms in total. The summed E-state index contributed by atoms with van der Waals surface area (Å²) in [6, 6.07) is 41.2. The van der Waals surface area contributed by atoms with Gasteiger partial charge in [0, 0.05) is 28.4 Å². The third-order valence-corrected chi connectivity index (χ3v) is 11.5. The molecule has 1 unspecified atom stereocenters. The average molecular weight is 740 g/mol. The molecule has 3 aliphatic carbocycles. The lowest BCUT2D eigenvalue weighted by Crippen LogP contribution is -2.30. The summed E-state index contributed by atoms with van der Waals surface area (Å²) in [5.41, 5.74) is 16.9. The van der Waals surface area contributed by atoms with Gasteiger partial charge in [-0.1, -0.05) is 152 Å². The maximum absolute atomic E-state index is 6.40. The highest BCUT2D eigenvalue weighted by Gasteiger charge is 2.54. The number of benzene rings is 4. The first-order valence-corrected chi connectivity index (χ1v) is 20.0. The molecular formula is C55H49NO. The van der Waals surface area contributed by atoms with E-state index in [2.05, 4.69) is 203 Å². The fourth-order valence-electron chi connectivity index (χ4n) is 8.88. The van der Waals surface area contributed by atoms with E-state index in [4.69, 9.17) is 11.0 Å². The molecule has 1 heterocycles. The molecule has 280 valence electrons. The Hall–Kier alpha value is -6.64. The quantitative estimate of drug-likeness (QED) is 0.147. The van der Waals surface area contributed by atoms with E-state index >= 15 is 0 Å². The number of aryl methyl sites for hydroxylation is 1. The van der Waals surface area contributed by atoms with Crippen LogP contribution in [0.3, 0.4) is 0 Å². The van der Waals surface area contributed by atoms with Crippen LogP contribution in [0.15, 0.2) is 222 Å². The van der Waals surface area contributed by atoms with Crippen molar-refractivity contribution < 1.29 is 4.42 Å². The van der Waals surface area contributed by atoms with Crippen LogP contribution in [-0.4, -0.2) is 0 Å². The van der Waals surface area contributed by atoms with Crippen molar-refractivity contribution in [2.75, 3.05) is 4.90 Å². The number of rotatable bonds is 8. The van der Waals surface area contributed by atoms with Crippen LogP contribution in [0.4, 0.5) is 11.4 Å². The number of nitrogens with zero attached hydrogens (tertiary/aromatic N) is 1. The van der Waals surface area contributed by atoms with Crippen molar-refractivity contribution in [3.8, 4) is 0 Å². The number of hydrogen-bond donors (Lipinski definition) is 0. The minimum atomic E-state index is -0.614. The van der Waals surface area contributed by atoms with Crippen LogP contribution in [-0.2, 0) is 11.8 Å². The molecule has 0 saturated carbocycles. The SMILES string of the molecule is C=C1/C(=C\C=C/C)C2(C(/C=C\C=C/C)=C(C)c3ccccc32)c2c1cccc2N(C1=CCC=C(Cc2ccccc2)C=C1)c1ccc2c(C)cccccoc2c1. The van der Waals surface area contributed by atoms with E-state index in [1.165, 1.54) is 44.5 Å². The molecule has 1 aromatic heterocycles. The van der Waals surface area contributed by atoms with Gasteiger partial charge in [0.2, 0.25) is 0 Å². The third kappa shape index (κ3) is 6.72. The largest absolute Gasteiger partial charge is 0.464 e. The van der Waals surface area contributed by atoms with Gasteiger partial charge in [0.15, 0.2) is 0 Å². The maximum Gasteiger partial charge on any atom is 0.136 e. The molecular weight excluding hydrogens is 691 g/mol. The van der Waals surface area contributed by atoms with E-state index in [1.54, 1.807) is 6.26 Å². The van der Waals surface area contributed by atoms with Crippen molar-refractivity contribution in [1.82, 2.24) is 0 Å². The van der Waals surface area contributed by atoms with Gasteiger partial charge in [-0.2, -0.15) is 0 Å². The van der Waals surface area contributed by atoms with Crippen molar-refractivity contribution in [2.45, 2.75) is 46.0 Å². The lowest BCUT2D eigenvalue weighted by atomic mass is 9.68. The molecule has 2 heteroatoms. The predicted octanol–water partition coefficient (Wildman–Crippen LogP) is 14.8. The monoisotopic (exact) mass is 739 g/mol. The molecule has 0 saturated heterocycles. The first-order valence-electron chi connectivity index (χ1n) is 20.0. The van der Waals surface area contributed by atoms with Crippen LogP contribution in [0.2, 0.25) is 0 Å². The van der Waals surface area contributed by atoms with Gasteiger partial charge in [0.1, 0.15) is 5.58 Å². The zero-order chi connectivity index (χ0) is 39.4. The lowest BCUT2D eigenvalue weighted by molar-refractivity contribution is 0.606. The average Bonchev–Trinajstić information content (AvgIpc) is 3.53. The summed E-state index contributed by atoms with van der Waals surface area (Å²) in [6.07, 6.45) is 28.0. The molecule has 0 N–H and O–H groups in total. The summed E-state index contributed by atoms with van der Waals surface area (Å²) in [6.45, 7) is 13.4. The standard InChI is InChI=1S/C55H49NO/c1-6-8-12-29-50-40(4)47-26-16-17-30-51(47)55(50)49(28-9-7-2)41(5)48-27-20-31-52(54(48)55)56(44-25-19-24-43(32-33-44)37-42-22-14-10-15-23-42)45-34-35-46-39(3)21-13-11-18-36-57-53(46)38-45/h6-18,20-36,38H,5,19,37H2,1-4H3/b8-6-,9-7-,13-11?,29-12-,36-18?,39-21?,49-28+. The number of fused-ring (bicyclic) bond motifs is 5. The predicted molar refractivity (Wildman–Crippen MR) is 243 cm³/mol. The highest BCUT2D eigenvalue weighted by molar-refractivity contribution is 6.03. The van der Waals surface area contributed by atoms with Gasteiger partial charge in [-0.3, -0.25) is 0 Å². The summed E-state index contributed by atoms with van der Waals surface area (Å²) < 4.78 is 6.40. The van der Waals surface area contributed by atoms with Gasteiger partial charge < -0.3 is 9.32 Å². The molecule has 0 aliphatic heterocycles. The normalized spacial score (nSPS) is 18.2. The second kappa shape index (κ2) is 16.2. The van der Waals surface area contributed by atoms with Crippen molar-refractivity contribution in [1.29, 1.82) is 0 Å². The maximum atomic E-state index is 6.40. The molecule has 1 spiro atoms. The first kappa shape index (κ1) is 37.3. The molecule has 5 aromatic rings. The molecule has 3 aliphatic rings. The van der Waals surface area contributed by atoms with Crippen LogP contribution in [0, 0.1) is 6.92 Å². The zero-order valence-electron chi connectivity index (χ0n) is 33.4. The Morgan fingerprint density at radius 3 is 2.37 bits per heavy atom. The van der Waals surface area contributed by atoms with Gasteiger partial charge in [-0.05, 0) is 127 Å². The summed E-state index contributed by atoms with van der Waals surface area (Å²) in [4.78, 5) is 2.45. The Bertz CT molecular complexity index is 2680. The van der Waals surface area contributed by atoms with Gasteiger partial charge in [0.05, 0.1) is 17.4 Å². The van der Waals surface area contributed by atoms with Crippen molar-refractivity contribution in [3.05, 3.63) is 251 Å². The van der Waals surface area contributed by atoms with Crippen molar-refractivity contribution in [3.63, 3.8) is 0 Å². The minimum Gasteiger partial charge on any atom is -0.464 e. The number of anilines is 2. The van der Waals surface area contributed by atoms with Crippen LogP contribution in [0.25, 0.3) is 22.1 Å². The Labute approximate surface area is 338 Å². The molecule has 8 rings (SSSR count). The van der Waals surface area contributed by atoms with E-state index < -0.39 is 5.41 Å². The van der Waals surface area contributed by atoms with E-state index in [0.29, 0.717) is 0 Å². The fraction of sp³-hybridized carbons (Fsp3) is 0.127. The van der Waals surface area contributed by atoms with Crippen LogP contribution < -0.4 is 4.90 Å². The second-order valence-corrected chi connectivity index (χ2v) is 14.8. The molecule has 4 aromatic carbocycles. The number of hydrogen-bond acceptors (Lipinski definition) is 2. The molecule has 1 atom stereocenters. The molecule has 57 heavy (non-hydrogen) atoms. The van der Waals surface area contributed by atoms with E-state index in [-0.39, 0.29) is 0 Å². The van der Waals surface area contributed by atoms with Gasteiger partial charge in [-0.15, -0.1) is 0 Å². The summed E-state index contributed by atoms with van der Waals surface area (Å²) in [5.74, 6) is 0. The highest BCUT2D eigenvalue weighted by atomic mass is 16.3. The van der Waals surface area contributed by atoms with Crippen LogP contribution >= 0.6 is 0 Å². The van der Waals surface area contributed by atoms with Gasteiger partial charge in [-0.25, -0.2) is 0 Å². The summed E-state index contributed by atoms with van der Waals surface area (Å²) >= 11 is 0. The van der Waals surface area contributed by atoms with E-state index in [9.17, 15) is 0 Å². The molecule has 0 amide bonds. The fourth-order valence-corrected chi connectivity index (χ4v) is 8.88. The first-order chi connectivity index (χ1) is 28.0. The van der Waals surface area contributed by atoms with Crippen molar-refractivity contribution >= 4 is 33.5 Å². The van der Waals surface area contributed by atoms with Crippen molar-refractivity contribution in [2.24, 2.45) is 0 Å². The molecule has 0 radical (unpaired) electrons. The van der Waals surface area contributed by atoms with E-state index in [1.807, 2.05) is 12.1 Å². The smallest absolute Gasteiger partial charge is 0.136 e. The Morgan fingerprint density at radius 2 is 1.53 bits per heavy atom. The van der Waals surface area contributed by atoms with Crippen LogP contribution in [0.1, 0.15) is 60.6 Å². The highest BCUT2D eigenvalue weighted by Crippen LogP contribution is 2.65. The number of allylic oxidation sites excluding steroid dienone is 16. The minimum absolute atomic E-state index is 0.614. The topological polar surface area (TPSA) is 16.4 Å². The van der Waals surface area contributed by atoms with E-state index in [0.717, 1.165) is 57.6 Å². The van der Waals surface area contributed by atoms with Gasteiger partial charge >= 0.3 is 0 Å². The summed E-state index contributed by atoms with van der Waals surface area (Å²) in [5, 5.41) is 1.06.